The van der Waals surface area contributed by atoms with E-state index in [0.29, 0.717) is 25.9 Å². The topological polar surface area (TPSA) is 122 Å². The van der Waals surface area contributed by atoms with Gasteiger partial charge in [0.15, 0.2) is 0 Å². The summed E-state index contributed by atoms with van der Waals surface area (Å²) < 4.78 is 24.0. The molecule has 2 heterocycles. The second-order valence-corrected chi connectivity index (χ2v) is 6.72. The molecule has 114 valence electrons. The molecule has 2 amide bonds. The van der Waals surface area contributed by atoms with Gasteiger partial charge in [-0.2, -0.15) is 8.42 Å². The lowest BCUT2D eigenvalue weighted by molar-refractivity contribution is -0.136. The van der Waals surface area contributed by atoms with E-state index in [0.717, 1.165) is 12.8 Å². The standard InChI is InChI=1S/C11H20N4O4S/c12-20(18,19)13-6-8-2-1-5-15(7-8)11(17)9-3-4-10(16)14-9/h8-9,13H,1-7H2,(H,14,16)(H2,12,18,19). The van der Waals surface area contributed by atoms with Gasteiger partial charge in [0.05, 0.1) is 0 Å². The van der Waals surface area contributed by atoms with Gasteiger partial charge in [0.1, 0.15) is 6.04 Å². The Labute approximate surface area is 118 Å². The van der Waals surface area contributed by atoms with Gasteiger partial charge in [0.25, 0.3) is 10.2 Å². The van der Waals surface area contributed by atoms with E-state index in [2.05, 4.69) is 10.0 Å². The zero-order valence-corrected chi connectivity index (χ0v) is 12.0. The molecule has 0 saturated carbocycles. The summed E-state index contributed by atoms with van der Waals surface area (Å²) in [5, 5.41) is 7.56. The van der Waals surface area contributed by atoms with Crippen LogP contribution in [0.3, 0.4) is 0 Å². The van der Waals surface area contributed by atoms with Crippen LogP contribution in [-0.2, 0) is 19.8 Å². The van der Waals surface area contributed by atoms with Gasteiger partial charge in [0, 0.05) is 26.1 Å². The predicted molar refractivity (Wildman–Crippen MR) is 71.6 cm³/mol. The number of nitrogens with one attached hydrogen (secondary N) is 2. The number of hydrogen-bond acceptors (Lipinski definition) is 4. The van der Waals surface area contributed by atoms with Crippen LogP contribution in [-0.4, -0.2) is 50.8 Å². The molecule has 2 rings (SSSR count). The van der Waals surface area contributed by atoms with Crippen LogP contribution in [0, 0.1) is 5.92 Å². The van der Waals surface area contributed by atoms with E-state index in [4.69, 9.17) is 5.14 Å². The van der Waals surface area contributed by atoms with Crippen LogP contribution in [0.1, 0.15) is 25.7 Å². The molecule has 2 aliphatic heterocycles. The number of carbonyl (C=O) groups excluding carboxylic acids is 2. The first-order valence-electron chi connectivity index (χ1n) is 6.70. The van der Waals surface area contributed by atoms with Crippen LogP contribution >= 0.6 is 0 Å². The number of piperidine rings is 1. The third-order valence-electron chi connectivity index (χ3n) is 3.70. The fourth-order valence-electron chi connectivity index (χ4n) is 2.69. The molecule has 0 spiro atoms. The highest BCUT2D eigenvalue weighted by molar-refractivity contribution is 7.87. The van der Waals surface area contributed by atoms with Crippen molar-refractivity contribution in [1.82, 2.24) is 14.9 Å². The van der Waals surface area contributed by atoms with Crippen molar-refractivity contribution >= 4 is 22.0 Å². The molecule has 9 heteroatoms. The Kier molecular flexibility index (Phi) is 4.61. The molecule has 2 saturated heterocycles. The number of amides is 2. The highest BCUT2D eigenvalue weighted by Crippen LogP contribution is 2.19. The van der Waals surface area contributed by atoms with Gasteiger partial charge in [-0.15, -0.1) is 0 Å². The van der Waals surface area contributed by atoms with Crippen LogP contribution < -0.4 is 15.2 Å². The van der Waals surface area contributed by atoms with E-state index in [-0.39, 0.29) is 24.3 Å². The quantitative estimate of drug-likeness (QED) is 0.573. The lowest BCUT2D eigenvalue weighted by Gasteiger charge is -2.34. The summed E-state index contributed by atoms with van der Waals surface area (Å²) in [6, 6.07) is -0.424. The molecule has 4 N–H and O–H groups in total. The van der Waals surface area contributed by atoms with Crippen molar-refractivity contribution in [1.29, 1.82) is 0 Å². The fourth-order valence-corrected chi connectivity index (χ4v) is 3.15. The molecule has 2 atom stereocenters. The highest BCUT2D eigenvalue weighted by Gasteiger charge is 2.33. The van der Waals surface area contributed by atoms with Gasteiger partial charge in [0.2, 0.25) is 11.8 Å². The van der Waals surface area contributed by atoms with Gasteiger partial charge in [-0.05, 0) is 25.2 Å². The molecular formula is C11H20N4O4S. The van der Waals surface area contributed by atoms with E-state index < -0.39 is 16.3 Å². The summed E-state index contributed by atoms with van der Waals surface area (Å²) in [5.74, 6) is -0.105. The number of likely N-dealkylation sites (tertiary alicyclic amines) is 1. The molecule has 2 unspecified atom stereocenters. The van der Waals surface area contributed by atoms with Crippen molar-refractivity contribution in [2.75, 3.05) is 19.6 Å². The van der Waals surface area contributed by atoms with Crippen molar-refractivity contribution < 1.29 is 18.0 Å². The van der Waals surface area contributed by atoms with Gasteiger partial charge in [-0.3, -0.25) is 9.59 Å². The number of nitrogens with two attached hydrogens (primary N) is 1. The minimum Gasteiger partial charge on any atom is -0.344 e. The maximum absolute atomic E-state index is 12.2. The van der Waals surface area contributed by atoms with E-state index in [1.807, 2.05) is 0 Å². The second kappa shape index (κ2) is 6.06. The minimum absolute atomic E-state index is 0.0585. The lowest BCUT2D eigenvalue weighted by atomic mass is 9.97. The molecule has 2 aliphatic rings. The number of carbonyl (C=O) groups is 2. The lowest BCUT2D eigenvalue weighted by Crippen LogP contribution is -2.50. The molecule has 0 bridgehead atoms. The largest absolute Gasteiger partial charge is 0.344 e. The molecule has 8 nitrogen and oxygen atoms in total. The maximum atomic E-state index is 12.2. The van der Waals surface area contributed by atoms with Gasteiger partial charge < -0.3 is 10.2 Å². The summed E-state index contributed by atoms with van der Waals surface area (Å²) in [6.07, 6.45) is 2.60. The number of nitrogens with zero attached hydrogens (tertiary/aromatic N) is 1. The monoisotopic (exact) mass is 304 g/mol. The van der Waals surface area contributed by atoms with Crippen molar-refractivity contribution in [3.05, 3.63) is 0 Å². The van der Waals surface area contributed by atoms with Crippen LogP contribution in [0.25, 0.3) is 0 Å². The Balaban J connectivity index is 1.86. The predicted octanol–water partition coefficient (Wildman–Crippen LogP) is -1.70. The van der Waals surface area contributed by atoms with E-state index in [9.17, 15) is 18.0 Å². The molecule has 0 radical (unpaired) electrons. The molecule has 0 aromatic carbocycles. The summed E-state index contributed by atoms with van der Waals surface area (Å²) in [4.78, 5) is 25.1. The third kappa shape index (κ3) is 4.15. The van der Waals surface area contributed by atoms with E-state index >= 15 is 0 Å². The molecule has 0 aromatic heterocycles. The first kappa shape index (κ1) is 15.2. The second-order valence-electron chi connectivity index (χ2n) is 5.34. The molecule has 20 heavy (non-hydrogen) atoms. The smallest absolute Gasteiger partial charge is 0.274 e. The normalized spacial score (nSPS) is 27.4. The Morgan fingerprint density at radius 2 is 2.20 bits per heavy atom. The minimum atomic E-state index is -3.69. The first-order valence-corrected chi connectivity index (χ1v) is 8.25. The van der Waals surface area contributed by atoms with Crippen molar-refractivity contribution in [2.45, 2.75) is 31.7 Å². The summed E-state index contributed by atoms with van der Waals surface area (Å²) >= 11 is 0. The molecular weight excluding hydrogens is 284 g/mol. The van der Waals surface area contributed by atoms with E-state index in [1.165, 1.54) is 0 Å². The average molecular weight is 304 g/mol. The van der Waals surface area contributed by atoms with Gasteiger partial charge in [-0.25, -0.2) is 9.86 Å². The summed E-state index contributed by atoms with van der Waals surface area (Å²) in [7, 11) is -3.69. The van der Waals surface area contributed by atoms with Crippen LogP contribution in [0.5, 0.6) is 0 Å². The number of hydrogen-bond donors (Lipinski definition) is 3. The van der Waals surface area contributed by atoms with Crippen molar-refractivity contribution in [2.24, 2.45) is 11.1 Å². The van der Waals surface area contributed by atoms with Gasteiger partial charge in [-0.1, -0.05) is 0 Å². The Morgan fingerprint density at radius 3 is 2.80 bits per heavy atom. The van der Waals surface area contributed by atoms with Crippen LogP contribution in [0.15, 0.2) is 0 Å². The van der Waals surface area contributed by atoms with E-state index in [1.54, 1.807) is 4.90 Å². The maximum Gasteiger partial charge on any atom is 0.274 e. The fraction of sp³-hybridized carbons (Fsp3) is 0.818. The van der Waals surface area contributed by atoms with Crippen LogP contribution in [0.2, 0.25) is 0 Å². The average Bonchev–Trinajstić information content (AvgIpc) is 2.82. The highest BCUT2D eigenvalue weighted by atomic mass is 32.2. The Bertz CT molecular complexity index is 493. The number of rotatable bonds is 4. The zero-order valence-electron chi connectivity index (χ0n) is 11.2. The summed E-state index contributed by atoms with van der Waals surface area (Å²) in [6.45, 7) is 1.38. The summed E-state index contributed by atoms with van der Waals surface area (Å²) in [5.41, 5.74) is 0. The zero-order chi connectivity index (χ0) is 14.8. The first-order chi connectivity index (χ1) is 9.35. The molecule has 2 fully saturated rings. The van der Waals surface area contributed by atoms with Gasteiger partial charge >= 0.3 is 0 Å². The van der Waals surface area contributed by atoms with Crippen molar-refractivity contribution in [3.8, 4) is 0 Å². The van der Waals surface area contributed by atoms with Crippen LogP contribution in [0.4, 0.5) is 0 Å². The SMILES string of the molecule is NS(=O)(=O)NCC1CCCN(C(=O)C2CCC(=O)N2)C1. The Hall–Kier alpha value is -1.19. The van der Waals surface area contributed by atoms with Crippen molar-refractivity contribution in [3.63, 3.8) is 0 Å². The molecule has 0 aliphatic carbocycles. The Morgan fingerprint density at radius 1 is 1.45 bits per heavy atom. The molecule has 0 aromatic rings. The third-order valence-corrected chi connectivity index (χ3v) is 4.27.